The predicted octanol–water partition coefficient (Wildman–Crippen LogP) is 3.46. The first-order valence-corrected chi connectivity index (χ1v) is 9.09. The van der Waals surface area contributed by atoms with E-state index in [1.807, 2.05) is 30.1 Å². The smallest absolute Gasteiger partial charge is 0.101 e. The van der Waals surface area contributed by atoms with E-state index >= 15 is 0 Å². The molecule has 2 atom stereocenters. The minimum atomic E-state index is 0.0916. The van der Waals surface area contributed by atoms with Gasteiger partial charge in [-0.05, 0) is 37.6 Å². The molecule has 25 heavy (non-hydrogen) atoms. The standard InChI is InChI=1S/C19H23ClN4O/c1-13-16(12-22-23(13)2)19-17(6-10-25-19)21-7-9-24-8-5-14-11-15(20)3-4-18(14)24/h3-5,8,11-12,17,19,21H,6-7,9-10H2,1-2H3/t17-,19+/m0/s1. The van der Waals surface area contributed by atoms with Crippen LogP contribution in [0.2, 0.25) is 5.02 Å². The number of aromatic nitrogens is 3. The van der Waals surface area contributed by atoms with Gasteiger partial charge in [-0.3, -0.25) is 4.68 Å². The third kappa shape index (κ3) is 3.19. The molecule has 1 N–H and O–H groups in total. The maximum atomic E-state index is 6.06. The highest BCUT2D eigenvalue weighted by Crippen LogP contribution is 2.31. The van der Waals surface area contributed by atoms with Gasteiger partial charge in [0.25, 0.3) is 0 Å². The van der Waals surface area contributed by atoms with Gasteiger partial charge in [-0.2, -0.15) is 5.10 Å². The summed E-state index contributed by atoms with van der Waals surface area (Å²) >= 11 is 6.06. The lowest BCUT2D eigenvalue weighted by Gasteiger charge is -2.20. The van der Waals surface area contributed by atoms with Gasteiger partial charge in [0.1, 0.15) is 6.10 Å². The number of benzene rings is 1. The van der Waals surface area contributed by atoms with Crippen molar-refractivity contribution in [3.63, 3.8) is 0 Å². The zero-order chi connectivity index (χ0) is 17.4. The second-order valence-electron chi connectivity index (χ2n) is 6.66. The molecule has 1 aliphatic rings. The normalized spacial score (nSPS) is 20.6. The number of hydrogen-bond donors (Lipinski definition) is 1. The van der Waals surface area contributed by atoms with Crippen LogP contribution >= 0.6 is 11.6 Å². The minimum absolute atomic E-state index is 0.0916. The fraction of sp³-hybridized carbons (Fsp3) is 0.421. The molecule has 3 aromatic rings. The molecule has 0 radical (unpaired) electrons. The Balaban J connectivity index is 1.41. The van der Waals surface area contributed by atoms with E-state index in [-0.39, 0.29) is 6.10 Å². The number of fused-ring (bicyclic) bond motifs is 1. The fourth-order valence-electron chi connectivity index (χ4n) is 3.64. The van der Waals surface area contributed by atoms with Crippen molar-refractivity contribution in [3.05, 3.63) is 52.9 Å². The number of ether oxygens (including phenoxy) is 1. The lowest BCUT2D eigenvalue weighted by molar-refractivity contribution is 0.0981. The van der Waals surface area contributed by atoms with Crippen LogP contribution in [0.4, 0.5) is 0 Å². The van der Waals surface area contributed by atoms with Gasteiger partial charge >= 0.3 is 0 Å². The molecule has 132 valence electrons. The Morgan fingerprint density at radius 2 is 2.24 bits per heavy atom. The highest BCUT2D eigenvalue weighted by atomic mass is 35.5. The Morgan fingerprint density at radius 3 is 3.04 bits per heavy atom. The molecule has 3 heterocycles. The van der Waals surface area contributed by atoms with Gasteiger partial charge in [0.05, 0.1) is 6.20 Å². The van der Waals surface area contributed by atoms with Crippen LogP contribution in [-0.2, 0) is 18.3 Å². The Morgan fingerprint density at radius 1 is 1.36 bits per heavy atom. The van der Waals surface area contributed by atoms with Gasteiger partial charge in [-0.15, -0.1) is 0 Å². The van der Waals surface area contributed by atoms with Crippen LogP contribution in [-0.4, -0.2) is 33.5 Å². The van der Waals surface area contributed by atoms with E-state index in [0.29, 0.717) is 6.04 Å². The Bertz CT molecular complexity index is 885. The van der Waals surface area contributed by atoms with E-state index in [4.69, 9.17) is 16.3 Å². The van der Waals surface area contributed by atoms with Gasteiger partial charge in [-0.1, -0.05) is 11.6 Å². The van der Waals surface area contributed by atoms with Crippen molar-refractivity contribution >= 4 is 22.5 Å². The van der Waals surface area contributed by atoms with E-state index < -0.39 is 0 Å². The molecular formula is C19H23ClN4O. The second-order valence-corrected chi connectivity index (χ2v) is 7.10. The van der Waals surface area contributed by atoms with Crippen molar-refractivity contribution in [3.8, 4) is 0 Å². The second kappa shape index (κ2) is 6.83. The first kappa shape index (κ1) is 16.6. The highest BCUT2D eigenvalue weighted by Gasteiger charge is 2.31. The molecule has 6 heteroatoms. The summed E-state index contributed by atoms with van der Waals surface area (Å²) in [6.45, 7) is 4.70. The van der Waals surface area contributed by atoms with Crippen molar-refractivity contribution in [2.45, 2.75) is 32.0 Å². The van der Waals surface area contributed by atoms with E-state index in [1.54, 1.807) is 0 Å². The van der Waals surface area contributed by atoms with Crippen molar-refractivity contribution in [2.24, 2.45) is 7.05 Å². The van der Waals surface area contributed by atoms with Crippen molar-refractivity contribution in [1.82, 2.24) is 19.7 Å². The summed E-state index contributed by atoms with van der Waals surface area (Å²) in [6.07, 6.45) is 5.18. The van der Waals surface area contributed by atoms with E-state index in [9.17, 15) is 0 Å². The zero-order valence-electron chi connectivity index (χ0n) is 14.6. The number of nitrogens with zero attached hydrogens (tertiary/aromatic N) is 3. The van der Waals surface area contributed by atoms with Gasteiger partial charge in [-0.25, -0.2) is 0 Å². The van der Waals surface area contributed by atoms with Crippen LogP contribution in [0.3, 0.4) is 0 Å². The molecule has 0 aliphatic carbocycles. The zero-order valence-corrected chi connectivity index (χ0v) is 15.3. The van der Waals surface area contributed by atoms with E-state index in [2.05, 4.69) is 40.2 Å². The maximum absolute atomic E-state index is 6.06. The van der Waals surface area contributed by atoms with Crippen molar-refractivity contribution in [1.29, 1.82) is 0 Å². The molecule has 1 aromatic carbocycles. The molecule has 0 amide bonds. The first-order chi connectivity index (χ1) is 12.1. The van der Waals surface area contributed by atoms with Crippen molar-refractivity contribution in [2.75, 3.05) is 13.2 Å². The summed E-state index contributed by atoms with van der Waals surface area (Å²) in [4.78, 5) is 0. The Hall–Kier alpha value is -1.82. The van der Waals surface area contributed by atoms with E-state index in [0.717, 1.165) is 31.1 Å². The topological polar surface area (TPSA) is 44.0 Å². The summed E-state index contributed by atoms with van der Waals surface area (Å²) in [6, 6.07) is 8.48. The molecule has 1 saturated heterocycles. The van der Waals surface area contributed by atoms with Crippen LogP contribution in [0.15, 0.2) is 36.7 Å². The third-order valence-electron chi connectivity index (χ3n) is 5.16. The molecule has 0 spiro atoms. The fourth-order valence-corrected chi connectivity index (χ4v) is 3.82. The number of rotatable bonds is 5. The van der Waals surface area contributed by atoms with Crippen LogP contribution in [0.5, 0.6) is 0 Å². The minimum Gasteiger partial charge on any atom is -0.372 e. The maximum Gasteiger partial charge on any atom is 0.101 e. The van der Waals surface area contributed by atoms with Gasteiger partial charge < -0.3 is 14.6 Å². The lowest BCUT2D eigenvalue weighted by atomic mass is 10.0. The summed E-state index contributed by atoms with van der Waals surface area (Å²) in [7, 11) is 1.97. The average molecular weight is 359 g/mol. The largest absolute Gasteiger partial charge is 0.372 e. The summed E-state index contributed by atoms with van der Waals surface area (Å²) in [5.74, 6) is 0. The number of aryl methyl sites for hydroxylation is 1. The third-order valence-corrected chi connectivity index (χ3v) is 5.40. The summed E-state index contributed by atoms with van der Waals surface area (Å²) < 4.78 is 10.2. The van der Waals surface area contributed by atoms with Gasteiger partial charge in [0.15, 0.2) is 0 Å². The molecule has 0 bridgehead atoms. The molecule has 5 nitrogen and oxygen atoms in total. The SMILES string of the molecule is Cc1c([C@H]2OCC[C@@H]2NCCn2ccc3cc(Cl)ccc32)cnn1C. The quantitative estimate of drug-likeness (QED) is 0.759. The van der Waals surface area contributed by atoms with Crippen LogP contribution in [0.25, 0.3) is 10.9 Å². The average Bonchev–Trinajstić information content (AvgIpc) is 3.29. The molecule has 1 aliphatic heterocycles. The number of nitrogens with one attached hydrogen (secondary N) is 1. The molecular weight excluding hydrogens is 336 g/mol. The van der Waals surface area contributed by atoms with Gasteiger partial charge in [0.2, 0.25) is 0 Å². The van der Waals surface area contributed by atoms with Crippen LogP contribution < -0.4 is 5.32 Å². The molecule has 1 fully saturated rings. The van der Waals surface area contributed by atoms with Crippen molar-refractivity contribution < 1.29 is 4.74 Å². The Kier molecular flexibility index (Phi) is 4.54. The molecule has 0 saturated carbocycles. The first-order valence-electron chi connectivity index (χ1n) is 8.71. The number of halogens is 1. The monoisotopic (exact) mass is 358 g/mol. The molecule has 4 rings (SSSR count). The predicted molar refractivity (Wildman–Crippen MR) is 100.0 cm³/mol. The molecule has 0 unspecified atom stereocenters. The summed E-state index contributed by atoms with van der Waals surface area (Å²) in [5.41, 5.74) is 3.58. The van der Waals surface area contributed by atoms with Crippen LogP contribution in [0.1, 0.15) is 23.8 Å². The number of hydrogen-bond acceptors (Lipinski definition) is 3. The lowest BCUT2D eigenvalue weighted by Crippen LogP contribution is -2.34. The highest BCUT2D eigenvalue weighted by molar-refractivity contribution is 6.31. The molecule has 2 aromatic heterocycles. The van der Waals surface area contributed by atoms with Gasteiger partial charge in [0, 0.05) is 66.2 Å². The summed E-state index contributed by atoms with van der Waals surface area (Å²) in [5, 5.41) is 9.98. The van der Waals surface area contributed by atoms with Crippen LogP contribution in [0, 0.1) is 6.92 Å². The van der Waals surface area contributed by atoms with E-state index in [1.165, 1.54) is 22.2 Å². The Labute approximate surface area is 152 Å².